The predicted octanol–water partition coefficient (Wildman–Crippen LogP) is 5.08. The van der Waals surface area contributed by atoms with Gasteiger partial charge in [0.2, 0.25) is 0 Å². The van der Waals surface area contributed by atoms with Crippen molar-refractivity contribution in [2.45, 2.75) is 75.7 Å². The number of aromatic nitrogens is 1. The van der Waals surface area contributed by atoms with Gasteiger partial charge >= 0.3 is 12.3 Å². The largest absolute Gasteiger partial charge is 0.447 e. The highest BCUT2D eigenvalue weighted by Crippen LogP contribution is 2.42. The molecule has 3 N–H and O–H groups in total. The Morgan fingerprint density at radius 3 is 2.38 bits per heavy atom. The van der Waals surface area contributed by atoms with Gasteiger partial charge in [-0.2, -0.15) is 13.2 Å². The average molecular weight is 611 g/mol. The number of nitrogens with one attached hydrogen (secondary N) is 1. The van der Waals surface area contributed by atoms with Crippen LogP contribution in [0, 0.1) is 11.8 Å². The molecule has 0 saturated heterocycles. The number of carbonyl (C=O) groups is 2. The number of pyridine rings is 1. The van der Waals surface area contributed by atoms with Crippen LogP contribution < -0.4 is 11.1 Å². The minimum Gasteiger partial charge on any atom is -0.447 e. The van der Waals surface area contributed by atoms with Crippen molar-refractivity contribution < 1.29 is 35.9 Å². The summed E-state index contributed by atoms with van der Waals surface area (Å²) < 4.78 is 68.6. The lowest BCUT2D eigenvalue weighted by Gasteiger charge is -2.33. The average Bonchev–Trinajstić information content (AvgIpc) is 3.30. The van der Waals surface area contributed by atoms with Crippen molar-refractivity contribution in [3.8, 4) is 0 Å². The molecule has 4 rings (SSSR count). The summed E-state index contributed by atoms with van der Waals surface area (Å²) in [5, 5.41) is 2.82. The molecule has 0 radical (unpaired) electrons. The van der Waals surface area contributed by atoms with Crippen LogP contribution in [0.15, 0.2) is 41.4 Å². The van der Waals surface area contributed by atoms with E-state index < -0.39 is 40.0 Å². The highest BCUT2D eigenvalue weighted by Gasteiger charge is 2.42. The third-order valence-electron chi connectivity index (χ3n) is 8.30. The van der Waals surface area contributed by atoms with Gasteiger partial charge in [0.1, 0.15) is 6.61 Å². The van der Waals surface area contributed by atoms with Gasteiger partial charge in [-0.25, -0.2) is 13.2 Å². The number of nitrogens with zero attached hydrogens (tertiary/aromatic N) is 2. The second-order valence-corrected chi connectivity index (χ2v) is 13.3. The van der Waals surface area contributed by atoms with E-state index in [1.54, 1.807) is 25.1 Å². The SMILES string of the molecule is CC[C@H]1c2ncc(C(=O)NC(COC(N)=O)c3ccc(S(=O)(=O)CC)cc3)cc2CN1C[C@H]1CC[C@H](C(F)(F)F)CC1. The van der Waals surface area contributed by atoms with Gasteiger partial charge in [-0.3, -0.25) is 14.7 Å². The second-order valence-electron chi connectivity index (χ2n) is 11.0. The van der Waals surface area contributed by atoms with Crippen LogP contribution >= 0.6 is 0 Å². The van der Waals surface area contributed by atoms with Gasteiger partial charge in [0, 0.05) is 19.3 Å². The van der Waals surface area contributed by atoms with Crippen LogP contribution in [-0.2, 0) is 21.1 Å². The number of alkyl halides is 3. The molecule has 1 fully saturated rings. The summed E-state index contributed by atoms with van der Waals surface area (Å²) in [5.41, 5.74) is 7.70. The monoisotopic (exact) mass is 610 g/mol. The van der Waals surface area contributed by atoms with Crippen LogP contribution in [-0.4, -0.2) is 55.4 Å². The summed E-state index contributed by atoms with van der Waals surface area (Å²) in [4.78, 5) is 31.5. The Hall–Kier alpha value is -3.19. The summed E-state index contributed by atoms with van der Waals surface area (Å²) in [6.07, 6.45) is -1.50. The van der Waals surface area contributed by atoms with Gasteiger partial charge in [0.25, 0.3) is 5.91 Å². The molecule has 2 heterocycles. The maximum atomic E-state index is 13.3. The van der Waals surface area contributed by atoms with E-state index in [1.165, 1.54) is 18.3 Å². The number of ether oxygens (including phenoxy) is 1. The van der Waals surface area contributed by atoms with Gasteiger partial charge in [-0.1, -0.05) is 26.0 Å². The zero-order valence-electron chi connectivity index (χ0n) is 23.7. The Kier molecular flexibility index (Phi) is 9.81. The number of hydrogen-bond acceptors (Lipinski definition) is 7. The fourth-order valence-electron chi connectivity index (χ4n) is 5.92. The van der Waals surface area contributed by atoms with Crippen molar-refractivity contribution in [3.05, 3.63) is 58.9 Å². The summed E-state index contributed by atoms with van der Waals surface area (Å²) >= 11 is 0. The predicted molar refractivity (Wildman–Crippen MR) is 149 cm³/mol. The van der Waals surface area contributed by atoms with Crippen molar-refractivity contribution in [1.29, 1.82) is 0 Å². The molecule has 13 heteroatoms. The Bertz CT molecular complexity index is 1380. The molecule has 230 valence electrons. The van der Waals surface area contributed by atoms with E-state index in [0.717, 1.165) is 17.7 Å². The lowest BCUT2D eigenvalue weighted by atomic mass is 9.81. The van der Waals surface area contributed by atoms with Crippen molar-refractivity contribution >= 4 is 21.8 Å². The molecular weight excluding hydrogens is 573 g/mol. The maximum absolute atomic E-state index is 13.3. The van der Waals surface area contributed by atoms with Crippen LogP contribution in [0.2, 0.25) is 0 Å². The minimum absolute atomic E-state index is 0.0204. The van der Waals surface area contributed by atoms with Crippen molar-refractivity contribution in [2.24, 2.45) is 17.6 Å². The Labute approximate surface area is 243 Å². The van der Waals surface area contributed by atoms with E-state index in [4.69, 9.17) is 10.5 Å². The van der Waals surface area contributed by atoms with Gasteiger partial charge in [-0.15, -0.1) is 0 Å². The molecule has 1 aliphatic carbocycles. The minimum atomic E-state index is -4.13. The van der Waals surface area contributed by atoms with Gasteiger partial charge < -0.3 is 15.8 Å². The first kappa shape index (κ1) is 31.7. The van der Waals surface area contributed by atoms with E-state index in [1.807, 2.05) is 6.92 Å². The van der Waals surface area contributed by atoms with Gasteiger partial charge in [0.15, 0.2) is 9.84 Å². The van der Waals surface area contributed by atoms with E-state index in [9.17, 15) is 31.2 Å². The molecule has 2 atom stereocenters. The Morgan fingerprint density at radius 1 is 1.14 bits per heavy atom. The van der Waals surface area contributed by atoms with Gasteiger partial charge in [0.05, 0.1) is 39.9 Å². The molecule has 0 spiro atoms. The van der Waals surface area contributed by atoms with E-state index in [0.29, 0.717) is 37.1 Å². The molecule has 1 unspecified atom stereocenters. The number of benzene rings is 1. The highest BCUT2D eigenvalue weighted by molar-refractivity contribution is 7.91. The summed E-state index contributed by atoms with van der Waals surface area (Å²) in [7, 11) is -3.42. The molecule has 2 amide bonds. The molecule has 1 aliphatic heterocycles. The number of amides is 2. The lowest BCUT2D eigenvalue weighted by Crippen LogP contribution is -2.33. The van der Waals surface area contributed by atoms with E-state index >= 15 is 0 Å². The first-order valence-corrected chi connectivity index (χ1v) is 15.8. The Morgan fingerprint density at radius 2 is 1.81 bits per heavy atom. The molecule has 1 aromatic carbocycles. The molecule has 1 aromatic heterocycles. The van der Waals surface area contributed by atoms with Crippen LogP contribution in [0.1, 0.15) is 85.2 Å². The topological polar surface area (TPSA) is 132 Å². The summed E-state index contributed by atoms with van der Waals surface area (Å²) in [6, 6.07) is 6.95. The van der Waals surface area contributed by atoms with Crippen molar-refractivity contribution in [2.75, 3.05) is 18.9 Å². The molecule has 1 saturated carbocycles. The first-order valence-electron chi connectivity index (χ1n) is 14.2. The molecule has 42 heavy (non-hydrogen) atoms. The lowest BCUT2D eigenvalue weighted by molar-refractivity contribution is -0.184. The normalized spacial score (nSPS) is 21.9. The first-order chi connectivity index (χ1) is 19.8. The zero-order valence-corrected chi connectivity index (χ0v) is 24.5. The van der Waals surface area contributed by atoms with Crippen LogP contribution in [0.25, 0.3) is 0 Å². The fraction of sp³-hybridized carbons (Fsp3) is 0.552. The van der Waals surface area contributed by atoms with E-state index in [-0.39, 0.29) is 42.1 Å². The molecule has 2 aliphatic rings. The van der Waals surface area contributed by atoms with Crippen LogP contribution in [0.3, 0.4) is 0 Å². The maximum Gasteiger partial charge on any atom is 0.404 e. The third kappa shape index (κ3) is 7.41. The van der Waals surface area contributed by atoms with Crippen LogP contribution in [0.5, 0.6) is 0 Å². The number of sulfone groups is 1. The third-order valence-corrected chi connectivity index (χ3v) is 10.1. The van der Waals surface area contributed by atoms with Gasteiger partial charge in [-0.05, 0) is 67.3 Å². The number of nitrogens with two attached hydrogens (primary N) is 1. The number of rotatable bonds is 10. The number of carbonyl (C=O) groups excluding carboxylic acids is 2. The quantitative estimate of drug-likeness (QED) is 0.384. The number of fused-ring (bicyclic) bond motifs is 1. The van der Waals surface area contributed by atoms with Crippen molar-refractivity contribution in [1.82, 2.24) is 15.2 Å². The standard InChI is InChI=1S/C29H37F3N4O5S/c1-3-25-26-21(16-36(25)15-18-5-9-22(10-6-18)29(30,31)32)13-20(14-34-26)27(37)35-24(17-41-28(33)38)19-7-11-23(12-8-19)42(39,40)4-2/h7-8,11-14,18,22,24-25H,3-6,9-10,15-17H2,1-2H3,(H2,33,38)(H,35,37)/t18-,22-,24?,25-/m0/s1. The summed E-state index contributed by atoms with van der Waals surface area (Å²) in [5.74, 6) is -1.56. The number of hydrogen-bond donors (Lipinski definition) is 2. The molecule has 2 aromatic rings. The zero-order chi connectivity index (χ0) is 30.7. The highest BCUT2D eigenvalue weighted by atomic mass is 32.2. The second kappa shape index (κ2) is 13.0. The smallest absolute Gasteiger partial charge is 0.404 e. The number of primary amides is 1. The summed E-state index contributed by atoms with van der Waals surface area (Å²) in [6.45, 7) is 4.54. The Balaban J connectivity index is 1.45. The number of halogens is 3. The molecular formula is C29H37F3N4O5S. The molecule has 9 nitrogen and oxygen atoms in total. The fourth-order valence-corrected chi connectivity index (χ4v) is 6.81. The molecule has 0 bridgehead atoms. The van der Waals surface area contributed by atoms with Crippen LogP contribution in [0.4, 0.5) is 18.0 Å². The van der Waals surface area contributed by atoms with E-state index in [2.05, 4.69) is 15.2 Å². The van der Waals surface area contributed by atoms with Crippen molar-refractivity contribution in [3.63, 3.8) is 0 Å².